The number of nitrogens with one attached hydrogen (secondary N) is 1. The van der Waals surface area contributed by atoms with Crippen LogP contribution in [0.2, 0.25) is 0 Å². The molecule has 0 saturated heterocycles. The Hall–Kier alpha value is -3.40. The molecule has 0 bridgehead atoms. The van der Waals surface area contributed by atoms with Crippen molar-refractivity contribution in [2.24, 2.45) is 0 Å². The number of rotatable bonds is 2. The molecule has 0 atom stereocenters. The second-order valence-corrected chi connectivity index (χ2v) is 6.08. The van der Waals surface area contributed by atoms with Crippen molar-refractivity contribution in [2.75, 3.05) is 0 Å². The Morgan fingerprint density at radius 3 is 1.52 bits per heavy atom. The number of hydrogen-bond donors (Lipinski definition) is 1. The lowest BCUT2D eigenvalue weighted by atomic mass is 9.87. The summed E-state index contributed by atoms with van der Waals surface area (Å²) in [6, 6.07) is 24.2. The van der Waals surface area contributed by atoms with Crippen molar-refractivity contribution in [1.82, 2.24) is 5.32 Å². The summed E-state index contributed by atoms with van der Waals surface area (Å²) in [5.74, 6) is 0. The molecule has 3 aromatic rings. The lowest BCUT2D eigenvalue weighted by molar-refractivity contribution is 0.765. The highest BCUT2D eigenvalue weighted by Crippen LogP contribution is 2.38. The molecule has 1 aliphatic rings. The first-order valence-electron chi connectivity index (χ1n) is 8.17. The van der Waals surface area contributed by atoms with Gasteiger partial charge >= 0.3 is 0 Å². The van der Waals surface area contributed by atoms with Crippen LogP contribution in [0.25, 0.3) is 22.3 Å². The second kappa shape index (κ2) is 6.24. The molecule has 1 N–H and O–H groups in total. The van der Waals surface area contributed by atoms with Crippen LogP contribution in [0.4, 0.5) is 0 Å². The molecule has 0 saturated carbocycles. The van der Waals surface area contributed by atoms with Crippen molar-refractivity contribution in [2.45, 2.75) is 13.1 Å². The minimum Gasteiger partial charge on any atom is -0.309 e. The van der Waals surface area contributed by atoms with Crippen LogP contribution >= 0.6 is 0 Å². The summed E-state index contributed by atoms with van der Waals surface area (Å²) in [5.41, 5.74) is 7.60. The predicted octanol–water partition coefficient (Wildman–Crippen LogP) is 4.37. The van der Waals surface area contributed by atoms with E-state index < -0.39 is 0 Å². The molecule has 1 heterocycles. The molecule has 118 valence electrons. The van der Waals surface area contributed by atoms with Crippen LogP contribution in [0.3, 0.4) is 0 Å². The van der Waals surface area contributed by atoms with E-state index in [4.69, 9.17) is 0 Å². The highest BCUT2D eigenvalue weighted by Gasteiger charge is 2.19. The fraction of sp³-hybridized carbons (Fsp3) is 0.0909. The van der Waals surface area contributed by atoms with E-state index in [1.807, 2.05) is 48.5 Å². The Labute approximate surface area is 146 Å². The van der Waals surface area contributed by atoms with Gasteiger partial charge in [-0.05, 0) is 46.5 Å². The van der Waals surface area contributed by atoms with Gasteiger partial charge in [0.15, 0.2) is 0 Å². The van der Waals surface area contributed by atoms with E-state index in [1.54, 1.807) is 0 Å². The summed E-state index contributed by atoms with van der Waals surface area (Å²) in [5, 5.41) is 22.4. The van der Waals surface area contributed by atoms with Crippen LogP contribution < -0.4 is 5.32 Å². The zero-order valence-electron chi connectivity index (χ0n) is 13.6. The molecule has 0 aliphatic carbocycles. The fourth-order valence-corrected chi connectivity index (χ4v) is 3.43. The summed E-state index contributed by atoms with van der Waals surface area (Å²) in [6.45, 7) is 1.66. The molecule has 4 rings (SSSR count). The molecule has 3 heteroatoms. The van der Waals surface area contributed by atoms with E-state index in [9.17, 15) is 10.5 Å². The summed E-state index contributed by atoms with van der Waals surface area (Å²) in [7, 11) is 0. The molecular weight excluding hydrogens is 306 g/mol. The lowest BCUT2D eigenvalue weighted by Gasteiger charge is -2.15. The summed E-state index contributed by atoms with van der Waals surface area (Å²) < 4.78 is 0. The first-order chi connectivity index (χ1) is 12.3. The number of fused-ring (bicyclic) bond motifs is 1. The topological polar surface area (TPSA) is 59.6 Å². The third-order valence-corrected chi connectivity index (χ3v) is 4.65. The molecule has 25 heavy (non-hydrogen) atoms. The molecule has 0 fully saturated rings. The maximum Gasteiger partial charge on any atom is 0.0998 e. The second-order valence-electron chi connectivity index (χ2n) is 6.08. The number of nitrogens with zero attached hydrogens (tertiary/aromatic N) is 2. The highest BCUT2D eigenvalue weighted by atomic mass is 14.9. The van der Waals surface area contributed by atoms with Gasteiger partial charge in [0, 0.05) is 24.2 Å². The third-order valence-electron chi connectivity index (χ3n) is 4.65. The fourth-order valence-electron chi connectivity index (χ4n) is 3.43. The van der Waals surface area contributed by atoms with Gasteiger partial charge in [-0.1, -0.05) is 36.4 Å². The quantitative estimate of drug-likeness (QED) is 0.762. The van der Waals surface area contributed by atoms with Crippen LogP contribution in [0, 0.1) is 22.7 Å². The van der Waals surface area contributed by atoms with E-state index in [2.05, 4.69) is 29.6 Å². The van der Waals surface area contributed by atoms with Crippen molar-refractivity contribution in [3.8, 4) is 34.4 Å². The average Bonchev–Trinajstić information content (AvgIpc) is 3.14. The van der Waals surface area contributed by atoms with E-state index in [1.165, 1.54) is 11.1 Å². The van der Waals surface area contributed by atoms with Gasteiger partial charge in [-0.3, -0.25) is 0 Å². The smallest absolute Gasteiger partial charge is 0.0998 e. The molecule has 1 aliphatic heterocycles. The van der Waals surface area contributed by atoms with E-state index >= 15 is 0 Å². The Kier molecular flexibility index (Phi) is 3.78. The third kappa shape index (κ3) is 2.58. The van der Waals surface area contributed by atoms with Crippen molar-refractivity contribution in [3.05, 3.63) is 82.9 Å². The zero-order chi connectivity index (χ0) is 17.2. The highest BCUT2D eigenvalue weighted by molar-refractivity contribution is 5.89. The maximum absolute atomic E-state index is 9.52. The van der Waals surface area contributed by atoms with Gasteiger partial charge in [-0.2, -0.15) is 10.5 Å². The Morgan fingerprint density at radius 1 is 0.640 bits per heavy atom. The minimum absolute atomic E-state index is 0.643. The van der Waals surface area contributed by atoms with Crippen LogP contribution in [-0.2, 0) is 13.1 Å². The number of benzene rings is 3. The average molecular weight is 321 g/mol. The minimum atomic E-state index is 0.643. The van der Waals surface area contributed by atoms with Gasteiger partial charge in [-0.25, -0.2) is 0 Å². The molecular formula is C22H15N3. The normalized spacial score (nSPS) is 12.2. The summed E-state index contributed by atoms with van der Waals surface area (Å²) >= 11 is 0. The van der Waals surface area contributed by atoms with Gasteiger partial charge < -0.3 is 5.32 Å². The van der Waals surface area contributed by atoms with E-state index in [0.717, 1.165) is 35.3 Å². The van der Waals surface area contributed by atoms with Crippen molar-refractivity contribution in [1.29, 1.82) is 10.5 Å². The van der Waals surface area contributed by atoms with Crippen molar-refractivity contribution >= 4 is 0 Å². The van der Waals surface area contributed by atoms with Gasteiger partial charge in [0.1, 0.15) is 0 Å². The molecule has 3 nitrogen and oxygen atoms in total. The summed E-state index contributed by atoms with van der Waals surface area (Å²) in [4.78, 5) is 0. The largest absolute Gasteiger partial charge is 0.309 e. The van der Waals surface area contributed by atoms with E-state index in [-0.39, 0.29) is 0 Å². The number of nitriles is 2. The van der Waals surface area contributed by atoms with Gasteiger partial charge in [0.25, 0.3) is 0 Å². The van der Waals surface area contributed by atoms with Gasteiger partial charge in [-0.15, -0.1) is 0 Å². The Morgan fingerprint density at radius 2 is 1.08 bits per heavy atom. The Balaban J connectivity index is 2.05. The van der Waals surface area contributed by atoms with Crippen LogP contribution in [0.1, 0.15) is 22.3 Å². The Bertz CT molecular complexity index is 967. The first kappa shape index (κ1) is 15.1. The van der Waals surface area contributed by atoms with E-state index in [0.29, 0.717) is 11.1 Å². The van der Waals surface area contributed by atoms with Crippen molar-refractivity contribution < 1.29 is 0 Å². The summed E-state index contributed by atoms with van der Waals surface area (Å²) in [6.07, 6.45) is 0. The standard InChI is InChI=1S/C22H15N3/c23-11-15-5-1-3-7-19(15)21-9-17-13-25-14-18(17)10-22(21)20-8-4-2-6-16(20)12-24/h1-10,25H,13-14H2. The van der Waals surface area contributed by atoms with Crippen LogP contribution in [0.5, 0.6) is 0 Å². The number of hydrogen-bond acceptors (Lipinski definition) is 3. The predicted molar refractivity (Wildman–Crippen MR) is 97.3 cm³/mol. The SMILES string of the molecule is N#Cc1ccccc1-c1cc2c(cc1-c1ccccc1C#N)CNC2. The van der Waals surface area contributed by atoms with Crippen LogP contribution in [-0.4, -0.2) is 0 Å². The monoisotopic (exact) mass is 321 g/mol. The zero-order valence-corrected chi connectivity index (χ0v) is 13.6. The van der Waals surface area contributed by atoms with Gasteiger partial charge in [0.05, 0.1) is 23.3 Å². The van der Waals surface area contributed by atoms with Gasteiger partial charge in [0.2, 0.25) is 0 Å². The van der Waals surface area contributed by atoms with Crippen LogP contribution in [0.15, 0.2) is 60.7 Å². The molecule has 0 spiro atoms. The maximum atomic E-state index is 9.52. The lowest BCUT2D eigenvalue weighted by Crippen LogP contribution is -1.99. The molecule has 3 aromatic carbocycles. The molecule has 0 unspecified atom stereocenters. The molecule has 0 aromatic heterocycles. The molecule has 0 amide bonds. The first-order valence-corrected chi connectivity index (χ1v) is 8.17. The molecule has 0 radical (unpaired) electrons. The van der Waals surface area contributed by atoms with Crippen molar-refractivity contribution in [3.63, 3.8) is 0 Å².